The molecule has 8 nitrogen and oxygen atoms in total. The smallest absolute Gasteiger partial charge is 0.270 e. The van der Waals surface area contributed by atoms with Gasteiger partial charge >= 0.3 is 0 Å². The summed E-state index contributed by atoms with van der Waals surface area (Å²) < 4.78 is 0. The molecule has 4 rings (SSSR count). The fourth-order valence-electron chi connectivity index (χ4n) is 3.61. The molecular formula is C22H22N4O4. The normalized spacial score (nSPS) is 18.8. The number of azo groups is 1. The molecule has 1 aliphatic rings. The van der Waals surface area contributed by atoms with Gasteiger partial charge < -0.3 is 10.1 Å². The molecule has 1 amide bonds. The van der Waals surface area contributed by atoms with E-state index in [4.69, 9.17) is 0 Å². The lowest BCUT2D eigenvalue weighted by atomic mass is 9.86. The van der Waals surface area contributed by atoms with Crippen LogP contribution in [0.5, 0.6) is 5.88 Å². The molecule has 0 bridgehead atoms. The van der Waals surface area contributed by atoms with Crippen LogP contribution in [0.25, 0.3) is 10.9 Å². The van der Waals surface area contributed by atoms with Crippen LogP contribution in [0.4, 0.5) is 11.4 Å². The van der Waals surface area contributed by atoms with Gasteiger partial charge in [-0.15, -0.1) is 10.2 Å². The number of nitrogens with zero attached hydrogens (tertiary/aromatic N) is 3. The molecule has 1 saturated carbocycles. The minimum absolute atomic E-state index is 0.0220. The second-order valence-corrected chi connectivity index (χ2v) is 8.67. The Balaban J connectivity index is 1.50. The molecule has 2 atom stereocenters. The predicted molar refractivity (Wildman–Crippen MR) is 112 cm³/mol. The maximum Gasteiger partial charge on any atom is 0.270 e. The van der Waals surface area contributed by atoms with Crippen molar-refractivity contribution in [1.82, 2.24) is 4.98 Å². The van der Waals surface area contributed by atoms with Crippen molar-refractivity contribution in [1.29, 1.82) is 0 Å². The molecule has 0 spiro atoms. The summed E-state index contributed by atoms with van der Waals surface area (Å²) >= 11 is 0. The molecule has 0 aliphatic heterocycles. The topological polar surface area (TPSA) is 121 Å². The largest absolute Gasteiger partial charge is 0.493 e. The van der Waals surface area contributed by atoms with E-state index in [9.17, 15) is 20.0 Å². The Morgan fingerprint density at radius 3 is 2.53 bits per heavy atom. The summed E-state index contributed by atoms with van der Waals surface area (Å²) in [7, 11) is 0. The number of carbonyl (C=O) groups is 1. The highest BCUT2D eigenvalue weighted by Gasteiger charge is 2.44. The van der Waals surface area contributed by atoms with Gasteiger partial charge in [-0.3, -0.25) is 14.9 Å². The number of fused-ring (bicyclic) bond motifs is 1. The van der Waals surface area contributed by atoms with E-state index in [1.807, 2.05) is 0 Å². The van der Waals surface area contributed by atoms with Crippen molar-refractivity contribution < 1.29 is 14.8 Å². The highest BCUT2D eigenvalue weighted by atomic mass is 16.6. The van der Waals surface area contributed by atoms with Gasteiger partial charge in [0, 0.05) is 23.4 Å². The van der Waals surface area contributed by atoms with Crippen LogP contribution in [-0.2, 0) is 10.2 Å². The molecule has 0 radical (unpaired) electrons. The summed E-state index contributed by atoms with van der Waals surface area (Å²) in [5.41, 5.74) is 2.77. The fraction of sp³-hybridized carbons (Fsp3) is 0.318. The number of nitro benzene ring substituents is 1. The maximum atomic E-state index is 12.5. The van der Waals surface area contributed by atoms with Crippen molar-refractivity contribution in [2.24, 2.45) is 16.1 Å². The van der Waals surface area contributed by atoms with E-state index in [1.54, 1.807) is 0 Å². The molecule has 154 valence electrons. The van der Waals surface area contributed by atoms with Crippen LogP contribution < -0.4 is 0 Å². The third-order valence-electron chi connectivity index (χ3n) is 5.51. The number of aromatic amines is 1. The number of aromatic nitrogens is 1. The summed E-state index contributed by atoms with van der Waals surface area (Å²) in [6.45, 7) is 6.46. The number of amides is 1. The van der Waals surface area contributed by atoms with Gasteiger partial charge in [-0.05, 0) is 34.9 Å². The Kier molecular flexibility index (Phi) is 4.64. The van der Waals surface area contributed by atoms with Crippen molar-refractivity contribution in [2.45, 2.75) is 38.5 Å². The third-order valence-corrected chi connectivity index (χ3v) is 5.51. The molecule has 1 aromatic heterocycles. The highest BCUT2D eigenvalue weighted by molar-refractivity contribution is 5.96. The standard InChI is InChI=1S/C22H22N4O4/c1-22(2,3)13-6-4-12(5-7-13)15-11-16(15)20(27)25-24-19-17-10-14(26(29)30)8-9-18(17)23-21(19)28/h4-10,15-16,23,28H,11H2,1-3H3. The summed E-state index contributed by atoms with van der Waals surface area (Å²) in [5.74, 6) is -0.773. The second-order valence-electron chi connectivity index (χ2n) is 8.67. The first-order valence-corrected chi connectivity index (χ1v) is 9.70. The minimum atomic E-state index is -0.532. The zero-order chi connectivity index (χ0) is 21.6. The van der Waals surface area contributed by atoms with Gasteiger partial charge in [-0.1, -0.05) is 45.0 Å². The number of H-pyrrole nitrogens is 1. The number of carbonyl (C=O) groups excluding carboxylic acids is 1. The van der Waals surface area contributed by atoms with Crippen molar-refractivity contribution in [3.8, 4) is 5.88 Å². The summed E-state index contributed by atoms with van der Waals surface area (Å²) in [5, 5.41) is 29.1. The summed E-state index contributed by atoms with van der Waals surface area (Å²) in [6, 6.07) is 12.4. The highest BCUT2D eigenvalue weighted by Crippen LogP contribution is 2.49. The molecule has 30 heavy (non-hydrogen) atoms. The van der Waals surface area contributed by atoms with E-state index in [0.717, 1.165) is 5.56 Å². The van der Waals surface area contributed by atoms with Crippen LogP contribution in [0.3, 0.4) is 0 Å². The van der Waals surface area contributed by atoms with Crippen LogP contribution >= 0.6 is 0 Å². The molecule has 2 aromatic carbocycles. The number of aromatic hydroxyl groups is 1. The molecule has 8 heteroatoms. The van der Waals surface area contributed by atoms with Gasteiger partial charge in [0.05, 0.1) is 10.4 Å². The van der Waals surface area contributed by atoms with E-state index >= 15 is 0 Å². The molecule has 3 aromatic rings. The zero-order valence-corrected chi connectivity index (χ0v) is 16.9. The van der Waals surface area contributed by atoms with Gasteiger partial charge in [0.1, 0.15) is 0 Å². The number of rotatable bonds is 4. The molecule has 2 unspecified atom stereocenters. The van der Waals surface area contributed by atoms with Crippen LogP contribution in [0.2, 0.25) is 0 Å². The lowest BCUT2D eigenvalue weighted by Gasteiger charge is -2.19. The van der Waals surface area contributed by atoms with E-state index in [2.05, 4.69) is 60.2 Å². The lowest BCUT2D eigenvalue weighted by Crippen LogP contribution is -2.10. The molecule has 2 N–H and O–H groups in total. The zero-order valence-electron chi connectivity index (χ0n) is 16.9. The number of nitrogens with one attached hydrogen (secondary N) is 1. The first-order valence-electron chi connectivity index (χ1n) is 9.70. The molecule has 1 fully saturated rings. The minimum Gasteiger partial charge on any atom is -0.493 e. The van der Waals surface area contributed by atoms with E-state index < -0.39 is 4.92 Å². The van der Waals surface area contributed by atoms with Crippen molar-refractivity contribution >= 4 is 28.2 Å². The van der Waals surface area contributed by atoms with Crippen LogP contribution in [0.15, 0.2) is 52.7 Å². The SMILES string of the molecule is CC(C)(C)c1ccc(C2CC2C(=O)N=Nc2c(O)[nH]c3ccc([N+](=O)[O-])cc23)cc1. The van der Waals surface area contributed by atoms with Gasteiger partial charge in [0.25, 0.3) is 11.6 Å². The third kappa shape index (κ3) is 3.68. The Morgan fingerprint density at radius 2 is 1.90 bits per heavy atom. The maximum absolute atomic E-state index is 12.5. The number of benzene rings is 2. The summed E-state index contributed by atoms with van der Waals surface area (Å²) in [4.78, 5) is 25.6. The Bertz CT molecular complexity index is 1170. The number of hydrogen-bond acceptors (Lipinski definition) is 5. The Morgan fingerprint density at radius 1 is 1.20 bits per heavy atom. The number of nitro groups is 1. The predicted octanol–water partition coefficient (Wildman–Crippen LogP) is 5.49. The quantitative estimate of drug-likeness (QED) is 0.338. The Labute approximate surface area is 172 Å². The average Bonchev–Trinajstić information content (AvgIpc) is 3.43. The van der Waals surface area contributed by atoms with Crippen LogP contribution in [-0.4, -0.2) is 20.9 Å². The van der Waals surface area contributed by atoms with E-state index in [1.165, 1.54) is 23.8 Å². The van der Waals surface area contributed by atoms with Crippen molar-refractivity contribution in [2.75, 3.05) is 0 Å². The lowest BCUT2D eigenvalue weighted by molar-refractivity contribution is -0.384. The van der Waals surface area contributed by atoms with Crippen molar-refractivity contribution in [3.05, 3.63) is 63.7 Å². The monoisotopic (exact) mass is 406 g/mol. The molecule has 1 heterocycles. The molecular weight excluding hydrogens is 384 g/mol. The first-order chi connectivity index (χ1) is 14.1. The average molecular weight is 406 g/mol. The van der Waals surface area contributed by atoms with Crippen LogP contribution in [0.1, 0.15) is 44.2 Å². The second kappa shape index (κ2) is 7.05. The van der Waals surface area contributed by atoms with E-state index in [-0.39, 0.29) is 40.4 Å². The van der Waals surface area contributed by atoms with E-state index in [0.29, 0.717) is 17.3 Å². The summed E-state index contributed by atoms with van der Waals surface area (Å²) in [6.07, 6.45) is 0.706. The first kappa shape index (κ1) is 19.8. The van der Waals surface area contributed by atoms with Gasteiger partial charge in [0.15, 0.2) is 5.69 Å². The molecule has 0 saturated heterocycles. The number of hydrogen-bond donors (Lipinski definition) is 2. The van der Waals surface area contributed by atoms with Gasteiger partial charge in [-0.25, -0.2) is 0 Å². The Hall–Kier alpha value is -3.55. The van der Waals surface area contributed by atoms with Gasteiger partial charge in [-0.2, -0.15) is 0 Å². The van der Waals surface area contributed by atoms with Crippen LogP contribution in [0, 0.1) is 16.0 Å². The molecule has 1 aliphatic carbocycles. The van der Waals surface area contributed by atoms with Gasteiger partial charge in [0.2, 0.25) is 5.88 Å². The number of non-ortho nitro benzene ring substituents is 1. The van der Waals surface area contributed by atoms with Crippen molar-refractivity contribution in [3.63, 3.8) is 0 Å². The fourth-order valence-corrected chi connectivity index (χ4v) is 3.61.